The Kier molecular flexibility index (Phi) is 4.05. The second-order valence-electron chi connectivity index (χ2n) is 5.57. The number of amides is 1. The third-order valence-corrected chi connectivity index (χ3v) is 4.09. The van der Waals surface area contributed by atoms with Gasteiger partial charge in [-0.25, -0.2) is 0 Å². The number of rotatable bonds is 3. The van der Waals surface area contributed by atoms with Crippen LogP contribution in [-0.2, 0) is 9.53 Å². The fourth-order valence-electron chi connectivity index (χ4n) is 2.86. The van der Waals surface area contributed by atoms with Crippen LogP contribution in [0, 0.1) is 0 Å². The van der Waals surface area contributed by atoms with Gasteiger partial charge in [0.05, 0.1) is 5.60 Å². The number of nitrogens with zero attached hydrogens (tertiary/aromatic N) is 1. The summed E-state index contributed by atoms with van der Waals surface area (Å²) >= 11 is 0. The van der Waals surface area contributed by atoms with E-state index in [-0.39, 0.29) is 11.5 Å². The van der Waals surface area contributed by atoms with Gasteiger partial charge in [0.15, 0.2) is 0 Å². The predicted octanol–water partition coefficient (Wildman–Crippen LogP) is 1.16. The van der Waals surface area contributed by atoms with Gasteiger partial charge in [0, 0.05) is 32.7 Å². The number of likely N-dealkylation sites (tertiary alicyclic amines) is 1. The molecule has 2 unspecified atom stereocenters. The minimum atomic E-state index is -0.142. The van der Waals surface area contributed by atoms with E-state index in [0.717, 1.165) is 38.9 Å². The van der Waals surface area contributed by atoms with Gasteiger partial charge in [-0.15, -0.1) is 0 Å². The number of hydrogen-bond donors (Lipinski definition) is 1. The maximum atomic E-state index is 12.2. The first-order chi connectivity index (χ1) is 8.13. The van der Waals surface area contributed by atoms with E-state index >= 15 is 0 Å². The zero-order valence-electron chi connectivity index (χ0n) is 11.0. The Morgan fingerprint density at radius 2 is 2.35 bits per heavy atom. The molecule has 0 aromatic carbocycles. The third-order valence-electron chi connectivity index (χ3n) is 4.09. The van der Waals surface area contributed by atoms with Crippen molar-refractivity contribution < 1.29 is 9.53 Å². The van der Waals surface area contributed by atoms with E-state index in [2.05, 4.69) is 12.2 Å². The Morgan fingerprint density at radius 1 is 1.53 bits per heavy atom. The van der Waals surface area contributed by atoms with Crippen molar-refractivity contribution >= 4 is 5.91 Å². The monoisotopic (exact) mass is 240 g/mol. The van der Waals surface area contributed by atoms with Crippen LogP contribution in [0.2, 0.25) is 0 Å². The fraction of sp³-hybridized carbons (Fsp3) is 0.923. The zero-order chi connectivity index (χ0) is 12.3. The molecule has 2 aliphatic heterocycles. The molecule has 0 aliphatic carbocycles. The van der Waals surface area contributed by atoms with E-state index < -0.39 is 0 Å². The summed E-state index contributed by atoms with van der Waals surface area (Å²) < 4.78 is 5.52. The van der Waals surface area contributed by atoms with Crippen molar-refractivity contribution in [1.29, 1.82) is 0 Å². The standard InChI is InChI=1S/C13H24N2O2/c1-13(17-2)6-4-8-15(10-13)12(16)9-11-5-3-7-14-11/h11,14H,3-10H2,1-2H3. The van der Waals surface area contributed by atoms with E-state index in [0.29, 0.717) is 12.5 Å². The fourth-order valence-corrected chi connectivity index (χ4v) is 2.86. The normalized spacial score (nSPS) is 34.0. The van der Waals surface area contributed by atoms with Crippen LogP contribution in [0.25, 0.3) is 0 Å². The second-order valence-corrected chi connectivity index (χ2v) is 5.57. The quantitative estimate of drug-likeness (QED) is 0.805. The zero-order valence-corrected chi connectivity index (χ0v) is 11.0. The number of carbonyl (C=O) groups is 1. The summed E-state index contributed by atoms with van der Waals surface area (Å²) in [6.45, 7) is 4.80. The van der Waals surface area contributed by atoms with Crippen LogP contribution in [0.4, 0.5) is 0 Å². The largest absolute Gasteiger partial charge is 0.377 e. The minimum absolute atomic E-state index is 0.142. The van der Waals surface area contributed by atoms with Gasteiger partial charge in [0.25, 0.3) is 0 Å². The maximum Gasteiger partial charge on any atom is 0.224 e. The lowest BCUT2D eigenvalue weighted by molar-refractivity contribution is -0.139. The van der Waals surface area contributed by atoms with E-state index in [1.54, 1.807) is 7.11 Å². The SMILES string of the molecule is COC1(C)CCCN(C(=O)CC2CCCN2)C1. The number of hydrogen-bond acceptors (Lipinski definition) is 3. The molecule has 4 heteroatoms. The summed E-state index contributed by atoms with van der Waals surface area (Å²) in [6.07, 6.45) is 5.10. The van der Waals surface area contributed by atoms with Crippen LogP contribution in [0.3, 0.4) is 0 Å². The van der Waals surface area contributed by atoms with Gasteiger partial charge < -0.3 is 15.0 Å². The van der Waals surface area contributed by atoms with Crippen molar-refractivity contribution in [1.82, 2.24) is 10.2 Å². The second kappa shape index (κ2) is 5.36. The van der Waals surface area contributed by atoms with Gasteiger partial charge in [0.1, 0.15) is 0 Å². The number of nitrogens with one attached hydrogen (secondary N) is 1. The lowest BCUT2D eigenvalue weighted by Crippen LogP contribution is -2.50. The van der Waals surface area contributed by atoms with Gasteiger partial charge in [-0.1, -0.05) is 0 Å². The first kappa shape index (κ1) is 12.8. The van der Waals surface area contributed by atoms with E-state index in [1.165, 1.54) is 6.42 Å². The number of methoxy groups -OCH3 is 1. The Balaban J connectivity index is 1.86. The molecule has 2 rings (SSSR count). The smallest absolute Gasteiger partial charge is 0.224 e. The molecule has 1 amide bonds. The predicted molar refractivity (Wildman–Crippen MR) is 66.9 cm³/mol. The Labute approximate surface area is 104 Å². The third kappa shape index (κ3) is 3.19. The first-order valence-corrected chi connectivity index (χ1v) is 6.69. The molecule has 2 fully saturated rings. The average Bonchev–Trinajstić information content (AvgIpc) is 2.82. The van der Waals surface area contributed by atoms with Gasteiger partial charge in [-0.3, -0.25) is 4.79 Å². The molecular formula is C13H24N2O2. The Bertz CT molecular complexity index is 277. The van der Waals surface area contributed by atoms with Crippen molar-refractivity contribution in [2.24, 2.45) is 0 Å². The molecule has 2 saturated heterocycles. The lowest BCUT2D eigenvalue weighted by Gasteiger charge is -2.39. The molecule has 0 saturated carbocycles. The van der Waals surface area contributed by atoms with Crippen molar-refractivity contribution in [2.75, 3.05) is 26.7 Å². The van der Waals surface area contributed by atoms with Crippen LogP contribution in [0.5, 0.6) is 0 Å². The van der Waals surface area contributed by atoms with Crippen molar-refractivity contribution in [3.8, 4) is 0 Å². The Morgan fingerprint density at radius 3 is 3.00 bits per heavy atom. The maximum absolute atomic E-state index is 12.2. The van der Waals surface area contributed by atoms with E-state index in [1.807, 2.05) is 4.90 Å². The number of ether oxygens (including phenoxy) is 1. The van der Waals surface area contributed by atoms with Crippen LogP contribution in [0.15, 0.2) is 0 Å². The highest BCUT2D eigenvalue weighted by atomic mass is 16.5. The van der Waals surface area contributed by atoms with Crippen LogP contribution >= 0.6 is 0 Å². The molecule has 17 heavy (non-hydrogen) atoms. The van der Waals surface area contributed by atoms with E-state index in [9.17, 15) is 4.79 Å². The molecule has 0 aromatic rings. The Hall–Kier alpha value is -0.610. The molecule has 0 spiro atoms. The number of piperidine rings is 1. The van der Waals surface area contributed by atoms with Crippen LogP contribution < -0.4 is 5.32 Å². The molecule has 1 N–H and O–H groups in total. The van der Waals surface area contributed by atoms with Crippen molar-refractivity contribution in [3.05, 3.63) is 0 Å². The first-order valence-electron chi connectivity index (χ1n) is 6.69. The van der Waals surface area contributed by atoms with Gasteiger partial charge in [-0.2, -0.15) is 0 Å². The topological polar surface area (TPSA) is 41.6 Å². The molecule has 4 nitrogen and oxygen atoms in total. The highest BCUT2D eigenvalue weighted by Crippen LogP contribution is 2.24. The molecule has 2 atom stereocenters. The molecule has 0 aromatic heterocycles. The minimum Gasteiger partial charge on any atom is -0.377 e. The number of carbonyl (C=O) groups excluding carboxylic acids is 1. The summed E-state index contributed by atoms with van der Waals surface area (Å²) in [5, 5.41) is 3.38. The van der Waals surface area contributed by atoms with E-state index in [4.69, 9.17) is 4.74 Å². The summed E-state index contributed by atoms with van der Waals surface area (Å²) in [5.74, 6) is 0.285. The van der Waals surface area contributed by atoms with Crippen molar-refractivity contribution in [2.45, 2.75) is 50.7 Å². The highest BCUT2D eigenvalue weighted by Gasteiger charge is 2.33. The van der Waals surface area contributed by atoms with Gasteiger partial charge in [-0.05, 0) is 39.2 Å². The van der Waals surface area contributed by atoms with Crippen LogP contribution in [-0.4, -0.2) is 49.2 Å². The van der Waals surface area contributed by atoms with Gasteiger partial charge in [0.2, 0.25) is 5.91 Å². The molecule has 2 aliphatic rings. The lowest BCUT2D eigenvalue weighted by atomic mass is 9.94. The molecular weight excluding hydrogens is 216 g/mol. The summed E-state index contributed by atoms with van der Waals surface area (Å²) in [6, 6.07) is 0.401. The average molecular weight is 240 g/mol. The van der Waals surface area contributed by atoms with Crippen molar-refractivity contribution in [3.63, 3.8) is 0 Å². The molecule has 2 heterocycles. The van der Waals surface area contributed by atoms with Crippen LogP contribution in [0.1, 0.15) is 39.0 Å². The highest BCUT2D eigenvalue weighted by molar-refractivity contribution is 5.77. The summed E-state index contributed by atoms with van der Waals surface area (Å²) in [7, 11) is 1.74. The summed E-state index contributed by atoms with van der Waals surface area (Å²) in [5.41, 5.74) is -0.142. The summed E-state index contributed by atoms with van der Waals surface area (Å²) in [4.78, 5) is 14.2. The molecule has 98 valence electrons. The van der Waals surface area contributed by atoms with Gasteiger partial charge >= 0.3 is 0 Å². The molecule has 0 radical (unpaired) electrons. The molecule has 0 bridgehead atoms.